The number of rotatable bonds is 7. The van der Waals surface area contributed by atoms with Crippen molar-refractivity contribution in [3.63, 3.8) is 0 Å². The predicted molar refractivity (Wildman–Crippen MR) is 101 cm³/mol. The van der Waals surface area contributed by atoms with E-state index in [0.717, 1.165) is 42.9 Å². The van der Waals surface area contributed by atoms with Crippen molar-refractivity contribution in [2.45, 2.75) is 32.4 Å². The van der Waals surface area contributed by atoms with Crippen LogP contribution in [0.5, 0.6) is 0 Å². The smallest absolute Gasteiger partial charge is 0.309 e. The fourth-order valence-corrected chi connectivity index (χ4v) is 3.15. The van der Waals surface area contributed by atoms with E-state index in [0.29, 0.717) is 12.8 Å². The van der Waals surface area contributed by atoms with Crippen molar-refractivity contribution in [3.8, 4) is 0 Å². The number of carbonyl (C=O) groups is 2. The monoisotopic (exact) mass is 352 g/mol. The first kappa shape index (κ1) is 18.1. The van der Waals surface area contributed by atoms with Crippen LogP contribution < -0.4 is 10.2 Å². The van der Waals surface area contributed by atoms with Crippen molar-refractivity contribution in [2.75, 3.05) is 18.6 Å². The van der Waals surface area contributed by atoms with E-state index in [1.165, 1.54) is 12.7 Å². The third kappa shape index (κ3) is 4.70. The molecular formula is C21H24N2O3. The number of anilines is 1. The Labute approximate surface area is 154 Å². The summed E-state index contributed by atoms with van der Waals surface area (Å²) in [6, 6.07) is 16.1. The van der Waals surface area contributed by atoms with Crippen molar-refractivity contribution in [1.82, 2.24) is 5.32 Å². The van der Waals surface area contributed by atoms with Gasteiger partial charge in [0.1, 0.15) is 0 Å². The summed E-state index contributed by atoms with van der Waals surface area (Å²) in [7, 11) is 1.40. The normalized spacial score (nSPS) is 13.9. The molecule has 0 unspecified atom stereocenters. The summed E-state index contributed by atoms with van der Waals surface area (Å²) in [4.78, 5) is 25.0. The van der Waals surface area contributed by atoms with Crippen LogP contribution in [0.4, 0.5) is 5.69 Å². The van der Waals surface area contributed by atoms with Gasteiger partial charge < -0.3 is 15.0 Å². The van der Waals surface area contributed by atoms with Gasteiger partial charge in [0.15, 0.2) is 0 Å². The van der Waals surface area contributed by atoms with Gasteiger partial charge in [0.25, 0.3) is 0 Å². The molecule has 0 aliphatic carbocycles. The van der Waals surface area contributed by atoms with Crippen molar-refractivity contribution in [3.05, 3.63) is 65.2 Å². The largest absolute Gasteiger partial charge is 0.469 e. The molecule has 1 saturated heterocycles. The van der Waals surface area contributed by atoms with Crippen LogP contribution in [0.15, 0.2) is 48.5 Å². The highest BCUT2D eigenvalue weighted by Crippen LogP contribution is 2.21. The highest BCUT2D eigenvalue weighted by Gasteiger charge is 2.21. The molecule has 0 spiro atoms. The Bertz CT molecular complexity index is 771. The number of carbonyl (C=O) groups excluding carboxylic acids is 2. The van der Waals surface area contributed by atoms with Crippen molar-refractivity contribution < 1.29 is 14.3 Å². The zero-order valence-corrected chi connectivity index (χ0v) is 15.0. The van der Waals surface area contributed by atoms with Gasteiger partial charge in [-0.3, -0.25) is 9.59 Å². The summed E-state index contributed by atoms with van der Waals surface area (Å²) in [6.07, 6.45) is 1.89. The highest BCUT2D eigenvalue weighted by molar-refractivity contribution is 5.95. The number of benzene rings is 2. The highest BCUT2D eigenvalue weighted by atomic mass is 16.5. The molecule has 1 fully saturated rings. The minimum Gasteiger partial charge on any atom is -0.469 e. The lowest BCUT2D eigenvalue weighted by molar-refractivity contribution is -0.139. The molecule has 5 heteroatoms. The van der Waals surface area contributed by atoms with Crippen LogP contribution in [0, 0.1) is 0 Å². The molecule has 1 amide bonds. The Hall–Kier alpha value is -2.66. The molecule has 26 heavy (non-hydrogen) atoms. The van der Waals surface area contributed by atoms with E-state index < -0.39 is 0 Å². The summed E-state index contributed by atoms with van der Waals surface area (Å²) < 4.78 is 4.71. The Morgan fingerprint density at radius 2 is 1.81 bits per heavy atom. The Morgan fingerprint density at radius 1 is 1.08 bits per heavy atom. The first-order chi connectivity index (χ1) is 12.7. The molecule has 136 valence electrons. The van der Waals surface area contributed by atoms with Gasteiger partial charge in [-0.05, 0) is 35.2 Å². The second-order valence-electron chi connectivity index (χ2n) is 6.49. The summed E-state index contributed by atoms with van der Waals surface area (Å²) in [5, 5.41) is 3.41. The van der Waals surface area contributed by atoms with Crippen LogP contribution in [-0.2, 0) is 33.8 Å². The third-order valence-electron chi connectivity index (χ3n) is 4.55. The Morgan fingerprint density at radius 3 is 2.50 bits per heavy atom. The molecule has 3 rings (SSSR count). The van der Waals surface area contributed by atoms with Crippen LogP contribution >= 0.6 is 0 Å². The maximum absolute atomic E-state index is 11.8. The number of nitrogens with one attached hydrogen (secondary N) is 1. The Balaban J connectivity index is 1.51. The zero-order valence-electron chi connectivity index (χ0n) is 15.0. The van der Waals surface area contributed by atoms with Gasteiger partial charge in [-0.15, -0.1) is 0 Å². The molecule has 1 aliphatic heterocycles. The van der Waals surface area contributed by atoms with Gasteiger partial charge in [0.05, 0.1) is 13.5 Å². The number of methoxy groups -OCH3 is 1. The van der Waals surface area contributed by atoms with Crippen LogP contribution in [0.2, 0.25) is 0 Å². The average Bonchev–Trinajstić information content (AvgIpc) is 3.08. The molecule has 0 radical (unpaired) electrons. The first-order valence-corrected chi connectivity index (χ1v) is 8.90. The molecule has 0 bridgehead atoms. The van der Waals surface area contributed by atoms with Gasteiger partial charge in [-0.2, -0.15) is 0 Å². The summed E-state index contributed by atoms with van der Waals surface area (Å²) in [5.74, 6) is -0.0191. The maximum atomic E-state index is 11.8. The summed E-state index contributed by atoms with van der Waals surface area (Å²) in [6.45, 7) is 2.29. The van der Waals surface area contributed by atoms with E-state index in [4.69, 9.17) is 4.74 Å². The van der Waals surface area contributed by atoms with E-state index in [-0.39, 0.29) is 11.9 Å². The molecule has 5 nitrogen and oxygen atoms in total. The minimum atomic E-state index is -0.230. The molecule has 0 saturated carbocycles. The number of nitrogens with zero attached hydrogens (tertiary/aromatic N) is 1. The standard InChI is InChI=1S/C21H24N2O3/c1-26-21(25)13-17-4-2-5-18(12-17)15-22-14-16-7-9-19(10-8-16)23-11-3-6-20(23)24/h2,4-5,7-10,12,22H,3,6,11,13-15H2,1H3. The number of hydrogen-bond donors (Lipinski definition) is 1. The fraction of sp³-hybridized carbons (Fsp3) is 0.333. The van der Waals surface area contributed by atoms with Gasteiger partial charge >= 0.3 is 5.97 Å². The first-order valence-electron chi connectivity index (χ1n) is 8.90. The summed E-state index contributed by atoms with van der Waals surface area (Å²) in [5.41, 5.74) is 4.24. The molecule has 1 N–H and O–H groups in total. The number of amides is 1. The predicted octanol–water partition coefficient (Wildman–Crippen LogP) is 2.82. The molecule has 0 aromatic heterocycles. The van der Waals surface area contributed by atoms with E-state index in [1.54, 1.807) is 0 Å². The second kappa shape index (κ2) is 8.63. The number of hydrogen-bond acceptors (Lipinski definition) is 4. The quantitative estimate of drug-likeness (QED) is 0.779. The lowest BCUT2D eigenvalue weighted by Crippen LogP contribution is -2.23. The average molecular weight is 352 g/mol. The van der Waals surface area contributed by atoms with Crippen LogP contribution in [0.1, 0.15) is 29.5 Å². The molecule has 2 aromatic carbocycles. The zero-order chi connectivity index (χ0) is 18.4. The van der Waals surface area contributed by atoms with Gasteiger partial charge in [-0.25, -0.2) is 0 Å². The van der Waals surface area contributed by atoms with Gasteiger partial charge in [0, 0.05) is 31.7 Å². The molecule has 0 atom stereocenters. The fourth-order valence-electron chi connectivity index (χ4n) is 3.15. The molecule has 1 heterocycles. The van der Waals surface area contributed by atoms with Gasteiger partial charge in [-0.1, -0.05) is 36.4 Å². The molecule has 2 aromatic rings. The van der Waals surface area contributed by atoms with Crippen molar-refractivity contribution in [2.24, 2.45) is 0 Å². The van der Waals surface area contributed by atoms with E-state index >= 15 is 0 Å². The Kier molecular flexibility index (Phi) is 6.02. The molecular weight excluding hydrogens is 328 g/mol. The topological polar surface area (TPSA) is 58.6 Å². The van der Waals surface area contributed by atoms with Crippen molar-refractivity contribution >= 4 is 17.6 Å². The van der Waals surface area contributed by atoms with Crippen LogP contribution in [0.3, 0.4) is 0 Å². The maximum Gasteiger partial charge on any atom is 0.309 e. The SMILES string of the molecule is COC(=O)Cc1cccc(CNCc2ccc(N3CCCC3=O)cc2)c1. The van der Waals surface area contributed by atoms with E-state index in [9.17, 15) is 9.59 Å². The number of ether oxygens (including phenoxy) is 1. The van der Waals surface area contributed by atoms with Crippen LogP contribution in [0.25, 0.3) is 0 Å². The minimum absolute atomic E-state index is 0.211. The number of esters is 1. The third-order valence-corrected chi connectivity index (χ3v) is 4.55. The van der Waals surface area contributed by atoms with Crippen LogP contribution in [-0.4, -0.2) is 25.5 Å². The van der Waals surface area contributed by atoms with Gasteiger partial charge in [0.2, 0.25) is 5.91 Å². The molecule has 1 aliphatic rings. The summed E-state index contributed by atoms with van der Waals surface area (Å²) >= 11 is 0. The lowest BCUT2D eigenvalue weighted by Gasteiger charge is -2.16. The van der Waals surface area contributed by atoms with E-state index in [1.807, 2.05) is 41.3 Å². The van der Waals surface area contributed by atoms with E-state index in [2.05, 4.69) is 17.4 Å². The second-order valence-corrected chi connectivity index (χ2v) is 6.49. The lowest BCUT2D eigenvalue weighted by atomic mass is 10.1. The van der Waals surface area contributed by atoms with Crippen molar-refractivity contribution in [1.29, 1.82) is 0 Å².